The largest absolute Gasteiger partial charge is 0.414 e. The summed E-state index contributed by atoms with van der Waals surface area (Å²) in [5, 5.41) is 0.283. The highest BCUT2D eigenvalue weighted by Crippen LogP contribution is 2.67. The van der Waals surface area contributed by atoms with Crippen molar-refractivity contribution >= 4 is 8.32 Å². The molecule has 0 aliphatic heterocycles. The highest BCUT2D eigenvalue weighted by molar-refractivity contribution is 6.74. The van der Waals surface area contributed by atoms with Crippen molar-refractivity contribution in [1.29, 1.82) is 0 Å². The summed E-state index contributed by atoms with van der Waals surface area (Å²) in [6, 6.07) is 0. The Balaban J connectivity index is 1.41. The van der Waals surface area contributed by atoms with Crippen molar-refractivity contribution in [2.75, 3.05) is 6.61 Å². The molecule has 0 N–H and O–H groups in total. The van der Waals surface area contributed by atoms with E-state index in [4.69, 9.17) is 13.9 Å². The lowest BCUT2D eigenvalue weighted by molar-refractivity contribution is -0.187. The summed E-state index contributed by atoms with van der Waals surface area (Å²) in [7, 11) is -1.73. The average Bonchev–Trinajstić information content (AvgIpc) is 3.20. The quantitative estimate of drug-likeness (QED) is 0.145. The van der Waals surface area contributed by atoms with Crippen molar-refractivity contribution in [3.63, 3.8) is 0 Å². The van der Waals surface area contributed by atoms with E-state index in [1.165, 1.54) is 51.4 Å². The average molecular weight is 587 g/mol. The van der Waals surface area contributed by atoms with Gasteiger partial charge in [-0.2, -0.15) is 0 Å². The Labute approximate surface area is 255 Å². The Morgan fingerprint density at radius 1 is 1.00 bits per heavy atom. The zero-order chi connectivity index (χ0) is 30.4. The van der Waals surface area contributed by atoms with Crippen LogP contribution in [0.15, 0.2) is 23.8 Å². The van der Waals surface area contributed by atoms with Crippen LogP contribution in [0.25, 0.3) is 0 Å². The zero-order valence-corrected chi connectivity index (χ0v) is 30.1. The summed E-state index contributed by atoms with van der Waals surface area (Å²) >= 11 is 0. The minimum atomic E-state index is -1.73. The molecule has 4 rings (SSSR count). The third kappa shape index (κ3) is 6.81. The summed E-state index contributed by atoms with van der Waals surface area (Å²) < 4.78 is 18.7. The Kier molecular flexibility index (Phi) is 9.93. The molecule has 3 nitrogen and oxygen atoms in total. The van der Waals surface area contributed by atoms with Gasteiger partial charge in [0.1, 0.15) is 0 Å². The van der Waals surface area contributed by atoms with Crippen LogP contribution >= 0.6 is 0 Å². The molecular formula is C37H66O3Si. The maximum absolute atomic E-state index is 6.96. The van der Waals surface area contributed by atoms with E-state index >= 15 is 0 Å². The van der Waals surface area contributed by atoms with E-state index in [-0.39, 0.29) is 16.9 Å². The van der Waals surface area contributed by atoms with Crippen molar-refractivity contribution in [3.05, 3.63) is 23.8 Å². The lowest BCUT2D eigenvalue weighted by atomic mass is 9.47. The van der Waals surface area contributed by atoms with E-state index < -0.39 is 8.32 Å². The molecule has 0 spiro atoms. The van der Waals surface area contributed by atoms with Gasteiger partial charge in [-0.15, -0.1) is 0 Å². The van der Waals surface area contributed by atoms with E-state index in [9.17, 15) is 0 Å². The van der Waals surface area contributed by atoms with Crippen molar-refractivity contribution in [1.82, 2.24) is 0 Å². The van der Waals surface area contributed by atoms with Crippen LogP contribution in [0.4, 0.5) is 0 Å². The smallest absolute Gasteiger partial charge is 0.192 e. The molecule has 0 aromatic carbocycles. The minimum Gasteiger partial charge on any atom is -0.414 e. The Morgan fingerprint density at radius 2 is 1.71 bits per heavy atom. The Bertz CT molecular complexity index is 960. The number of rotatable bonds is 10. The Morgan fingerprint density at radius 3 is 2.37 bits per heavy atom. The molecule has 0 aromatic heterocycles. The highest BCUT2D eigenvalue weighted by Gasteiger charge is 2.59. The molecule has 4 aliphatic carbocycles. The van der Waals surface area contributed by atoms with Crippen molar-refractivity contribution in [3.8, 4) is 0 Å². The van der Waals surface area contributed by atoms with Crippen LogP contribution in [-0.2, 0) is 13.9 Å². The molecule has 0 radical (unpaired) electrons. The molecule has 0 aromatic rings. The number of hydrogen-bond donors (Lipinski definition) is 0. The SMILES string of the molecule is CCOC(C)OC(C)(C)C/C=C/[C@@H](C)[C@H]1CC[C@H]2[C@@H]3CC=C4CC(O[Si](C)(C)C(C)(C)C)CC[C@]4(C)[C@H]3CC[C@]12C. The monoisotopic (exact) mass is 586 g/mol. The van der Waals surface area contributed by atoms with Gasteiger partial charge >= 0.3 is 0 Å². The number of hydrogen-bond acceptors (Lipinski definition) is 3. The Hall–Kier alpha value is -0.423. The fourth-order valence-corrected chi connectivity index (χ4v) is 11.1. The molecule has 0 saturated heterocycles. The molecule has 9 atom stereocenters. The lowest BCUT2D eigenvalue weighted by Crippen LogP contribution is -2.52. The van der Waals surface area contributed by atoms with Gasteiger partial charge in [-0.25, -0.2) is 0 Å². The van der Waals surface area contributed by atoms with Gasteiger partial charge in [-0.1, -0.05) is 65.3 Å². The van der Waals surface area contributed by atoms with Crippen LogP contribution in [-0.4, -0.2) is 32.9 Å². The molecule has 236 valence electrons. The van der Waals surface area contributed by atoms with Gasteiger partial charge in [-0.05, 0) is 144 Å². The lowest BCUT2D eigenvalue weighted by Gasteiger charge is -2.59. The van der Waals surface area contributed by atoms with Gasteiger partial charge in [0.05, 0.1) is 5.60 Å². The van der Waals surface area contributed by atoms with Crippen LogP contribution in [0, 0.1) is 40.4 Å². The third-order valence-electron chi connectivity index (χ3n) is 13.0. The van der Waals surface area contributed by atoms with E-state index in [1.54, 1.807) is 5.57 Å². The van der Waals surface area contributed by atoms with Crippen molar-refractivity contribution in [2.24, 2.45) is 40.4 Å². The van der Waals surface area contributed by atoms with Crippen LogP contribution in [0.5, 0.6) is 0 Å². The molecule has 3 fully saturated rings. The summed E-state index contributed by atoms with van der Waals surface area (Å²) in [5.41, 5.74) is 2.42. The molecule has 0 heterocycles. The second kappa shape index (κ2) is 12.2. The second-order valence-electron chi connectivity index (χ2n) is 17.1. The molecule has 2 unspecified atom stereocenters. The molecule has 3 saturated carbocycles. The predicted octanol–water partition coefficient (Wildman–Crippen LogP) is 10.7. The van der Waals surface area contributed by atoms with Crippen molar-refractivity contribution < 1.29 is 13.9 Å². The van der Waals surface area contributed by atoms with E-state index in [1.807, 2.05) is 13.8 Å². The van der Waals surface area contributed by atoms with Gasteiger partial charge in [0.25, 0.3) is 0 Å². The maximum Gasteiger partial charge on any atom is 0.192 e. The van der Waals surface area contributed by atoms with Gasteiger partial charge in [0.2, 0.25) is 0 Å². The summed E-state index contributed by atoms with van der Waals surface area (Å²) in [5.74, 6) is 4.03. The van der Waals surface area contributed by atoms with E-state index in [0.717, 1.165) is 30.1 Å². The number of ether oxygens (including phenoxy) is 2. The van der Waals surface area contributed by atoms with Gasteiger partial charge in [-0.3, -0.25) is 0 Å². The molecule has 4 heteroatoms. The molecule has 41 heavy (non-hydrogen) atoms. The van der Waals surface area contributed by atoms with Gasteiger partial charge in [0.15, 0.2) is 14.6 Å². The topological polar surface area (TPSA) is 27.7 Å². The van der Waals surface area contributed by atoms with Crippen LogP contribution in [0.3, 0.4) is 0 Å². The first-order valence-corrected chi connectivity index (χ1v) is 20.2. The minimum absolute atomic E-state index is 0.155. The summed E-state index contributed by atoms with van der Waals surface area (Å²) in [6.07, 6.45) is 19.6. The fourth-order valence-electron chi connectivity index (χ4n) is 9.69. The van der Waals surface area contributed by atoms with Crippen molar-refractivity contribution in [2.45, 2.75) is 163 Å². The van der Waals surface area contributed by atoms with E-state index in [2.05, 4.69) is 86.7 Å². The molecular weight excluding hydrogens is 520 g/mol. The molecule has 0 bridgehead atoms. The normalized spacial score (nSPS) is 37.8. The van der Waals surface area contributed by atoms with Gasteiger partial charge in [0, 0.05) is 12.7 Å². The molecule has 4 aliphatic rings. The first-order chi connectivity index (χ1) is 18.9. The first kappa shape index (κ1) is 33.5. The fraction of sp³-hybridized carbons (Fsp3) is 0.892. The standard InChI is InChI=1S/C37H66O3Si/c1-13-38-27(3)39-35(7,8)22-14-15-26(2)31-18-19-32-30-17-16-28-25-29(40-41(11,12)34(4,5)6)20-23-36(28,9)33(30)21-24-37(31,32)10/h14-16,26-27,29-33H,13,17-25H2,1-12H3/b15-14+/t26-,27?,29?,30+,31-,32+,33+,36+,37-/m1/s1. The van der Waals surface area contributed by atoms with Gasteiger partial charge < -0.3 is 13.9 Å². The maximum atomic E-state index is 6.96. The van der Waals surface area contributed by atoms with Crippen LogP contribution in [0.2, 0.25) is 18.1 Å². The number of fused-ring (bicyclic) bond motifs is 5. The first-order valence-electron chi connectivity index (χ1n) is 17.3. The zero-order valence-electron chi connectivity index (χ0n) is 29.1. The third-order valence-corrected chi connectivity index (χ3v) is 17.5. The van der Waals surface area contributed by atoms with Crippen LogP contribution < -0.4 is 0 Å². The summed E-state index contributed by atoms with van der Waals surface area (Å²) in [4.78, 5) is 0. The highest BCUT2D eigenvalue weighted by atomic mass is 28.4. The van der Waals surface area contributed by atoms with E-state index in [0.29, 0.717) is 29.5 Å². The predicted molar refractivity (Wildman–Crippen MR) is 176 cm³/mol. The second-order valence-corrected chi connectivity index (χ2v) is 21.9. The van der Waals surface area contributed by atoms with Crippen LogP contribution in [0.1, 0.15) is 127 Å². The molecule has 0 amide bonds. The number of allylic oxidation sites excluding steroid dienone is 2. The summed E-state index contributed by atoms with van der Waals surface area (Å²) in [6.45, 7) is 28.9.